The molecule has 2 atom stereocenters. The van der Waals surface area contributed by atoms with Gasteiger partial charge in [-0.15, -0.1) is 0 Å². The van der Waals surface area contributed by atoms with Crippen molar-refractivity contribution in [2.45, 2.75) is 84.9 Å². The lowest BCUT2D eigenvalue weighted by Gasteiger charge is -2.29. The first kappa shape index (κ1) is 29.5. The monoisotopic (exact) mass is 526 g/mol. The molecule has 1 saturated heterocycles. The smallest absolute Gasteiger partial charge is 0.370 e. The zero-order valence-corrected chi connectivity index (χ0v) is 23.0. The summed E-state index contributed by atoms with van der Waals surface area (Å²) in [6, 6.07) is 12.6. The lowest BCUT2D eigenvalue weighted by Crippen LogP contribution is -2.45. The molecule has 1 aliphatic heterocycles. The van der Waals surface area contributed by atoms with Crippen LogP contribution in [0.1, 0.15) is 81.2 Å². The fraction of sp³-hybridized carbons (Fsp3) is 0.484. The number of guanidine groups is 1. The summed E-state index contributed by atoms with van der Waals surface area (Å²) in [6.07, 6.45) is 2.79. The first-order valence-corrected chi connectivity index (χ1v) is 13.7. The van der Waals surface area contributed by atoms with Gasteiger partial charge in [-0.3, -0.25) is 10.4 Å². The Labute approximate surface area is 225 Å². The number of likely N-dealkylation sites (tertiary alicyclic amines) is 1. The van der Waals surface area contributed by atoms with E-state index in [0.29, 0.717) is 36.2 Å². The summed E-state index contributed by atoms with van der Waals surface area (Å²) in [6.45, 7) is 8.75. The molecule has 0 radical (unpaired) electrons. The second-order valence-electron chi connectivity index (χ2n) is 10.2. The summed E-state index contributed by atoms with van der Waals surface area (Å²) in [5, 5.41) is 7.97. The fourth-order valence-corrected chi connectivity index (χ4v) is 5.18. The van der Waals surface area contributed by atoms with Crippen LogP contribution in [0.15, 0.2) is 53.5 Å². The van der Waals surface area contributed by atoms with Gasteiger partial charge in [0.25, 0.3) is 0 Å². The molecule has 0 saturated carbocycles. The highest BCUT2D eigenvalue weighted by molar-refractivity contribution is 5.98. The van der Waals surface area contributed by atoms with Crippen molar-refractivity contribution >= 4 is 17.4 Å². The largest absolute Gasteiger partial charge is 0.416 e. The minimum Gasteiger partial charge on any atom is -0.370 e. The molecule has 3 N–H and O–H groups in total. The second-order valence-corrected chi connectivity index (χ2v) is 10.2. The molecule has 1 fully saturated rings. The fourth-order valence-electron chi connectivity index (χ4n) is 5.18. The van der Waals surface area contributed by atoms with Gasteiger partial charge in [-0.25, -0.2) is 0 Å². The number of hydrogen-bond acceptors (Lipinski definition) is 2. The molecule has 206 valence electrons. The van der Waals surface area contributed by atoms with E-state index in [2.05, 4.69) is 32.9 Å². The van der Waals surface area contributed by atoms with Crippen LogP contribution in [0.2, 0.25) is 0 Å². The Balaban J connectivity index is 1.92. The van der Waals surface area contributed by atoms with E-state index in [1.165, 1.54) is 11.6 Å². The van der Waals surface area contributed by atoms with E-state index in [4.69, 9.17) is 16.1 Å². The van der Waals surface area contributed by atoms with Crippen LogP contribution < -0.4 is 5.73 Å². The van der Waals surface area contributed by atoms with Gasteiger partial charge in [-0.1, -0.05) is 69.7 Å². The van der Waals surface area contributed by atoms with Crippen LogP contribution in [-0.4, -0.2) is 29.2 Å². The molecule has 0 amide bonds. The SMILES string of the molecule is C/C=C(\N=C(C(C)CC)C1CCCN1C(=N)N)c1ccc(CCc2ccc(CCC)cc2)c(C(F)(F)F)c1. The Kier molecular flexibility index (Phi) is 10.2. The summed E-state index contributed by atoms with van der Waals surface area (Å²) < 4.78 is 42.6. The van der Waals surface area contributed by atoms with E-state index in [1.54, 1.807) is 25.1 Å². The first-order valence-electron chi connectivity index (χ1n) is 13.7. The van der Waals surface area contributed by atoms with Crippen molar-refractivity contribution in [3.8, 4) is 0 Å². The minimum absolute atomic E-state index is 0.00856. The van der Waals surface area contributed by atoms with Gasteiger partial charge in [-0.2, -0.15) is 13.2 Å². The van der Waals surface area contributed by atoms with Crippen LogP contribution in [0.5, 0.6) is 0 Å². The number of rotatable bonds is 10. The maximum Gasteiger partial charge on any atom is 0.416 e. The maximum atomic E-state index is 14.2. The quantitative estimate of drug-likeness (QED) is 0.247. The molecule has 2 unspecified atom stereocenters. The van der Waals surface area contributed by atoms with Crippen LogP contribution in [0.3, 0.4) is 0 Å². The number of halogens is 3. The van der Waals surface area contributed by atoms with Gasteiger partial charge < -0.3 is 10.6 Å². The number of aliphatic imine (C=N–C) groups is 1. The van der Waals surface area contributed by atoms with Crippen molar-refractivity contribution in [3.63, 3.8) is 0 Å². The third-order valence-electron chi connectivity index (χ3n) is 7.50. The number of alkyl halides is 3. The van der Waals surface area contributed by atoms with Gasteiger partial charge in [0.05, 0.1) is 17.3 Å². The minimum atomic E-state index is -4.46. The summed E-state index contributed by atoms with van der Waals surface area (Å²) in [7, 11) is 0. The number of hydrogen-bond donors (Lipinski definition) is 2. The van der Waals surface area contributed by atoms with Crippen LogP contribution in [0, 0.1) is 11.3 Å². The van der Waals surface area contributed by atoms with Crippen molar-refractivity contribution < 1.29 is 13.2 Å². The van der Waals surface area contributed by atoms with Gasteiger partial charge in [0.15, 0.2) is 5.96 Å². The normalized spacial score (nSPS) is 17.7. The molecule has 0 spiro atoms. The molecule has 38 heavy (non-hydrogen) atoms. The molecule has 2 aromatic carbocycles. The number of nitrogens with two attached hydrogens (primary N) is 1. The van der Waals surface area contributed by atoms with Gasteiger partial charge in [0.2, 0.25) is 0 Å². The number of nitrogens with one attached hydrogen (secondary N) is 1. The van der Waals surface area contributed by atoms with E-state index < -0.39 is 11.7 Å². The zero-order chi connectivity index (χ0) is 27.9. The molecule has 4 nitrogen and oxygen atoms in total. The molecular formula is C31H41F3N4. The molecule has 1 aliphatic rings. The van der Waals surface area contributed by atoms with Crippen LogP contribution in [0.4, 0.5) is 13.2 Å². The summed E-state index contributed by atoms with van der Waals surface area (Å²) in [4.78, 5) is 6.78. The Morgan fingerprint density at radius 2 is 1.76 bits per heavy atom. The lowest BCUT2D eigenvalue weighted by molar-refractivity contribution is -0.138. The average Bonchev–Trinajstić information content (AvgIpc) is 3.38. The first-order chi connectivity index (χ1) is 18.1. The van der Waals surface area contributed by atoms with Crippen LogP contribution >= 0.6 is 0 Å². The van der Waals surface area contributed by atoms with Crippen molar-refractivity contribution in [1.29, 1.82) is 5.41 Å². The Morgan fingerprint density at radius 1 is 1.11 bits per heavy atom. The topological polar surface area (TPSA) is 65.5 Å². The average molecular weight is 527 g/mol. The predicted molar refractivity (Wildman–Crippen MR) is 151 cm³/mol. The van der Waals surface area contributed by atoms with Crippen LogP contribution in [0.25, 0.3) is 5.70 Å². The molecule has 1 heterocycles. The van der Waals surface area contributed by atoms with Gasteiger partial charge in [-0.05, 0) is 74.1 Å². The highest BCUT2D eigenvalue weighted by Crippen LogP contribution is 2.35. The molecule has 0 aliphatic carbocycles. The van der Waals surface area contributed by atoms with Crippen LogP contribution in [-0.2, 0) is 25.4 Å². The molecule has 0 aromatic heterocycles. The molecule has 0 bridgehead atoms. The van der Waals surface area contributed by atoms with Crippen molar-refractivity contribution in [3.05, 3.63) is 76.4 Å². The lowest BCUT2D eigenvalue weighted by atomic mass is 9.93. The number of nitrogens with zero attached hydrogens (tertiary/aromatic N) is 2. The summed E-state index contributed by atoms with van der Waals surface area (Å²) in [5.41, 5.74) is 9.63. The molecule has 7 heteroatoms. The third-order valence-corrected chi connectivity index (χ3v) is 7.50. The number of aryl methyl sites for hydroxylation is 3. The molecule has 2 aromatic rings. The van der Waals surface area contributed by atoms with Gasteiger partial charge >= 0.3 is 6.18 Å². The van der Waals surface area contributed by atoms with Gasteiger partial charge in [0, 0.05) is 17.8 Å². The van der Waals surface area contributed by atoms with Crippen molar-refractivity contribution in [2.24, 2.45) is 16.6 Å². The Bertz CT molecular complexity index is 1150. The Morgan fingerprint density at radius 3 is 2.32 bits per heavy atom. The maximum absolute atomic E-state index is 14.2. The summed E-state index contributed by atoms with van der Waals surface area (Å²) >= 11 is 0. The zero-order valence-electron chi connectivity index (χ0n) is 23.0. The highest BCUT2D eigenvalue weighted by atomic mass is 19.4. The third kappa shape index (κ3) is 7.27. The highest BCUT2D eigenvalue weighted by Gasteiger charge is 2.34. The van der Waals surface area contributed by atoms with E-state index >= 15 is 0 Å². The second kappa shape index (κ2) is 13.1. The Hall–Kier alpha value is -3.09. The predicted octanol–water partition coefficient (Wildman–Crippen LogP) is 7.65. The number of benzene rings is 2. The van der Waals surface area contributed by atoms with Crippen molar-refractivity contribution in [2.75, 3.05) is 6.54 Å². The van der Waals surface area contributed by atoms with E-state index in [-0.39, 0.29) is 17.9 Å². The summed E-state index contributed by atoms with van der Waals surface area (Å²) in [5.74, 6) is 0.120. The van der Waals surface area contributed by atoms with E-state index in [0.717, 1.165) is 43.4 Å². The van der Waals surface area contributed by atoms with E-state index in [1.807, 2.05) is 17.0 Å². The number of allylic oxidation sites excluding steroid dienone is 1. The molecular weight excluding hydrogens is 485 g/mol. The van der Waals surface area contributed by atoms with Gasteiger partial charge in [0.1, 0.15) is 0 Å². The van der Waals surface area contributed by atoms with E-state index in [9.17, 15) is 13.2 Å². The van der Waals surface area contributed by atoms with Crippen molar-refractivity contribution in [1.82, 2.24) is 4.90 Å². The molecule has 3 rings (SSSR count). The standard InChI is InChI=1S/C31H41F3N4/c1-5-9-22-11-13-23(14-12-22)15-16-24-17-18-25(20-26(24)31(32,33)34)27(7-3)37-29(21(4)6-2)28-10-8-19-38(28)30(35)36/h7,11-14,17-18,20-21,28H,5-6,8-10,15-16,19H2,1-4H3,(H3,35,36)/b27-7-,37-29?.